The smallest absolute Gasteiger partial charge is 0.237 e. The van der Waals surface area contributed by atoms with Crippen LogP contribution < -0.4 is 10.6 Å². The Morgan fingerprint density at radius 3 is 2.56 bits per heavy atom. The molecule has 3 N–H and O–H groups in total. The molecule has 0 spiro atoms. The number of hydrogen-bond donors (Lipinski definition) is 3. The van der Waals surface area contributed by atoms with Crippen molar-refractivity contribution in [2.24, 2.45) is 5.41 Å². The van der Waals surface area contributed by atoms with Crippen molar-refractivity contribution in [2.75, 3.05) is 13.1 Å². The normalized spacial score (nSPS) is 30.1. The number of aliphatic hydroxyl groups is 1. The van der Waals surface area contributed by atoms with Crippen molar-refractivity contribution in [2.45, 2.75) is 64.0 Å². The minimum Gasteiger partial charge on any atom is -0.388 e. The van der Waals surface area contributed by atoms with Gasteiger partial charge in [0.1, 0.15) is 0 Å². The van der Waals surface area contributed by atoms with Crippen LogP contribution in [0.1, 0.15) is 52.4 Å². The molecular formula is C14H26N2O2. The van der Waals surface area contributed by atoms with Gasteiger partial charge in [-0.25, -0.2) is 0 Å². The lowest BCUT2D eigenvalue weighted by molar-refractivity contribution is -0.124. The molecule has 0 bridgehead atoms. The summed E-state index contributed by atoms with van der Waals surface area (Å²) in [7, 11) is 0. The second-order valence-corrected chi connectivity index (χ2v) is 6.76. The minimum absolute atomic E-state index is 0.0470. The zero-order valence-electron chi connectivity index (χ0n) is 11.6. The van der Waals surface area contributed by atoms with Crippen LogP contribution in [0.2, 0.25) is 0 Å². The van der Waals surface area contributed by atoms with Crippen molar-refractivity contribution in [3.05, 3.63) is 0 Å². The van der Waals surface area contributed by atoms with E-state index in [2.05, 4.69) is 24.5 Å². The Morgan fingerprint density at radius 1 is 1.33 bits per heavy atom. The van der Waals surface area contributed by atoms with Crippen molar-refractivity contribution >= 4 is 5.91 Å². The average Bonchev–Trinajstić information content (AvgIpc) is 2.85. The first-order valence-electron chi connectivity index (χ1n) is 7.14. The van der Waals surface area contributed by atoms with Crippen LogP contribution in [0, 0.1) is 5.41 Å². The lowest BCUT2D eigenvalue weighted by atomic mass is 9.71. The third kappa shape index (κ3) is 3.45. The molecule has 1 amide bonds. The predicted molar refractivity (Wildman–Crippen MR) is 71.2 cm³/mol. The second kappa shape index (κ2) is 5.17. The van der Waals surface area contributed by atoms with Crippen LogP contribution in [0.3, 0.4) is 0 Å². The van der Waals surface area contributed by atoms with E-state index in [9.17, 15) is 9.90 Å². The van der Waals surface area contributed by atoms with E-state index >= 15 is 0 Å². The summed E-state index contributed by atoms with van der Waals surface area (Å²) in [5.41, 5.74) is -0.354. The summed E-state index contributed by atoms with van der Waals surface area (Å²) in [6.07, 6.45) is 5.62. The fraction of sp³-hybridized carbons (Fsp3) is 0.929. The molecule has 2 rings (SSSR count). The van der Waals surface area contributed by atoms with Gasteiger partial charge in [-0.1, -0.05) is 13.8 Å². The summed E-state index contributed by atoms with van der Waals surface area (Å²) in [4.78, 5) is 11.9. The molecular weight excluding hydrogens is 228 g/mol. The van der Waals surface area contributed by atoms with Gasteiger partial charge in [0.05, 0.1) is 11.6 Å². The monoisotopic (exact) mass is 254 g/mol. The molecule has 2 aliphatic rings. The van der Waals surface area contributed by atoms with E-state index in [0.717, 1.165) is 45.1 Å². The first-order chi connectivity index (χ1) is 8.40. The fourth-order valence-electron chi connectivity index (χ4n) is 2.85. The number of carbonyl (C=O) groups excluding carboxylic acids is 1. The number of nitrogens with one attached hydrogen (secondary N) is 2. The molecule has 1 atom stereocenters. The summed E-state index contributed by atoms with van der Waals surface area (Å²) in [6, 6.07) is -0.0476. The van der Waals surface area contributed by atoms with Crippen LogP contribution in [0.4, 0.5) is 0 Å². The van der Waals surface area contributed by atoms with Gasteiger partial charge in [-0.05, 0) is 50.5 Å². The lowest BCUT2D eigenvalue weighted by Crippen LogP contribution is -2.50. The Balaban J connectivity index is 1.77. The third-order valence-electron chi connectivity index (χ3n) is 4.50. The number of hydrogen-bond acceptors (Lipinski definition) is 3. The van der Waals surface area contributed by atoms with Crippen molar-refractivity contribution in [1.29, 1.82) is 0 Å². The summed E-state index contributed by atoms with van der Waals surface area (Å²) in [5, 5.41) is 16.5. The molecule has 2 fully saturated rings. The maximum atomic E-state index is 11.9. The topological polar surface area (TPSA) is 61.4 Å². The second-order valence-electron chi connectivity index (χ2n) is 6.76. The third-order valence-corrected chi connectivity index (χ3v) is 4.50. The zero-order valence-corrected chi connectivity index (χ0v) is 11.6. The molecule has 4 heteroatoms. The highest BCUT2D eigenvalue weighted by Crippen LogP contribution is 2.39. The van der Waals surface area contributed by atoms with E-state index in [-0.39, 0.29) is 11.9 Å². The number of carbonyl (C=O) groups is 1. The van der Waals surface area contributed by atoms with Crippen LogP contribution in [-0.2, 0) is 4.79 Å². The molecule has 4 nitrogen and oxygen atoms in total. The van der Waals surface area contributed by atoms with Crippen LogP contribution in [0.5, 0.6) is 0 Å². The maximum Gasteiger partial charge on any atom is 0.237 e. The highest BCUT2D eigenvalue weighted by atomic mass is 16.3. The van der Waals surface area contributed by atoms with Crippen molar-refractivity contribution in [3.8, 4) is 0 Å². The first-order valence-corrected chi connectivity index (χ1v) is 7.14. The highest BCUT2D eigenvalue weighted by molar-refractivity contribution is 5.82. The van der Waals surface area contributed by atoms with Gasteiger partial charge < -0.3 is 15.7 Å². The van der Waals surface area contributed by atoms with Gasteiger partial charge in [0, 0.05) is 6.54 Å². The van der Waals surface area contributed by atoms with Crippen molar-refractivity contribution in [1.82, 2.24) is 10.6 Å². The summed E-state index contributed by atoms with van der Waals surface area (Å²) in [6.45, 7) is 5.82. The molecule has 1 aliphatic carbocycles. The van der Waals surface area contributed by atoms with Crippen molar-refractivity contribution in [3.63, 3.8) is 0 Å². The Bertz CT molecular complexity index is 299. The van der Waals surface area contributed by atoms with Crippen LogP contribution in [0.25, 0.3) is 0 Å². The van der Waals surface area contributed by atoms with Gasteiger partial charge in [0.2, 0.25) is 5.91 Å². The molecule has 1 aliphatic heterocycles. The highest BCUT2D eigenvalue weighted by Gasteiger charge is 2.37. The van der Waals surface area contributed by atoms with Gasteiger partial charge in [0.15, 0.2) is 0 Å². The average molecular weight is 254 g/mol. The van der Waals surface area contributed by atoms with Gasteiger partial charge in [-0.15, -0.1) is 0 Å². The molecule has 18 heavy (non-hydrogen) atoms. The van der Waals surface area contributed by atoms with E-state index in [1.807, 2.05) is 0 Å². The van der Waals surface area contributed by atoms with E-state index in [1.54, 1.807) is 0 Å². The van der Waals surface area contributed by atoms with E-state index in [4.69, 9.17) is 0 Å². The number of rotatable bonds is 3. The molecule has 1 saturated carbocycles. The van der Waals surface area contributed by atoms with Gasteiger partial charge in [-0.3, -0.25) is 4.79 Å². The summed E-state index contributed by atoms with van der Waals surface area (Å²) in [5.74, 6) is 0.0470. The summed E-state index contributed by atoms with van der Waals surface area (Å²) < 4.78 is 0. The maximum absolute atomic E-state index is 11.9. The first kappa shape index (κ1) is 13.8. The molecule has 0 unspecified atom stereocenters. The molecule has 0 aromatic heterocycles. The van der Waals surface area contributed by atoms with E-state index < -0.39 is 5.60 Å². The Kier molecular flexibility index (Phi) is 3.97. The van der Waals surface area contributed by atoms with Crippen LogP contribution in [-0.4, -0.2) is 35.7 Å². The summed E-state index contributed by atoms with van der Waals surface area (Å²) >= 11 is 0. The molecule has 104 valence electrons. The Labute approximate surface area is 110 Å². The fourth-order valence-corrected chi connectivity index (χ4v) is 2.85. The minimum atomic E-state index is -0.691. The standard InChI is InChI=1S/C14H26N2O2/c1-13(2)5-7-14(18,8-6-13)10-16-12(17)11-4-3-9-15-11/h11,15,18H,3-10H2,1-2H3,(H,16,17)/t11-/m0/s1. The molecule has 1 heterocycles. The quantitative estimate of drug-likeness (QED) is 0.709. The Morgan fingerprint density at radius 2 is 2.00 bits per heavy atom. The zero-order chi connectivity index (χ0) is 13.2. The molecule has 0 aromatic rings. The molecule has 1 saturated heterocycles. The molecule has 0 aromatic carbocycles. The largest absolute Gasteiger partial charge is 0.388 e. The molecule has 0 radical (unpaired) electrons. The van der Waals surface area contributed by atoms with Gasteiger partial charge in [-0.2, -0.15) is 0 Å². The predicted octanol–water partition coefficient (Wildman–Crippen LogP) is 1.19. The van der Waals surface area contributed by atoms with Crippen molar-refractivity contribution < 1.29 is 9.90 Å². The van der Waals surface area contributed by atoms with E-state index in [1.165, 1.54) is 0 Å². The van der Waals surface area contributed by atoms with Crippen LogP contribution in [0.15, 0.2) is 0 Å². The number of amides is 1. The van der Waals surface area contributed by atoms with Gasteiger partial charge in [0.25, 0.3) is 0 Å². The SMILES string of the molecule is CC1(C)CCC(O)(CNC(=O)[C@@H]2CCCN2)CC1. The van der Waals surface area contributed by atoms with E-state index in [0.29, 0.717) is 12.0 Å². The lowest BCUT2D eigenvalue weighted by Gasteiger charge is -2.40. The Hall–Kier alpha value is -0.610. The van der Waals surface area contributed by atoms with Crippen LogP contribution >= 0.6 is 0 Å². The van der Waals surface area contributed by atoms with Gasteiger partial charge >= 0.3 is 0 Å².